The van der Waals surface area contributed by atoms with Gasteiger partial charge in [0.25, 0.3) is 0 Å². The van der Waals surface area contributed by atoms with Crippen molar-refractivity contribution in [2.75, 3.05) is 0 Å². The van der Waals surface area contributed by atoms with E-state index in [1.54, 1.807) is 0 Å². The molecule has 1 nitrogen and oxygen atoms in total. The van der Waals surface area contributed by atoms with Crippen molar-refractivity contribution in [1.82, 2.24) is 4.98 Å². The summed E-state index contributed by atoms with van der Waals surface area (Å²) in [6.07, 6.45) is 3.73. The summed E-state index contributed by atoms with van der Waals surface area (Å²) >= 11 is 2.37. The Balaban J connectivity index is 2.67. The van der Waals surface area contributed by atoms with Crippen molar-refractivity contribution >= 4 is 33.4 Å². The molecule has 0 spiro atoms. The summed E-state index contributed by atoms with van der Waals surface area (Å²) in [7, 11) is 0. The number of halogens is 1. The van der Waals surface area contributed by atoms with Crippen molar-refractivity contribution in [3.63, 3.8) is 0 Å². The van der Waals surface area contributed by atoms with Gasteiger partial charge in [-0.15, -0.1) is 0 Å². The maximum Gasteiger partial charge on any atom is 0.0346 e. The van der Waals surface area contributed by atoms with Crippen molar-refractivity contribution in [1.29, 1.82) is 0 Å². The van der Waals surface area contributed by atoms with Gasteiger partial charge >= 0.3 is 0 Å². The Bertz CT molecular complexity index is 398. The molecule has 2 heteroatoms. The van der Waals surface area contributed by atoms with Crippen LogP contribution in [0.4, 0.5) is 0 Å². The van der Waals surface area contributed by atoms with Crippen LogP contribution in [0.1, 0.15) is 5.56 Å². The highest BCUT2D eigenvalue weighted by Gasteiger charge is 1.93. The van der Waals surface area contributed by atoms with Crippen LogP contribution in [0.15, 0.2) is 36.7 Å². The van der Waals surface area contributed by atoms with Gasteiger partial charge in [-0.1, -0.05) is 40.8 Å². The van der Waals surface area contributed by atoms with Crippen molar-refractivity contribution in [2.24, 2.45) is 0 Å². The molecular weight excluding hydrogens is 261 g/mol. The fraction of sp³-hybridized carbons (Fsp3) is 0.100. The number of fused-ring (bicyclic) bond motifs is 1. The third-order valence-electron chi connectivity index (χ3n) is 1.86. The molecule has 0 fully saturated rings. The average Bonchev–Trinajstić information content (AvgIpc) is 2.17. The number of nitrogens with zero attached hydrogens (tertiary/aromatic N) is 1. The van der Waals surface area contributed by atoms with Crippen molar-refractivity contribution in [3.8, 4) is 0 Å². The van der Waals surface area contributed by atoms with Crippen LogP contribution >= 0.6 is 22.6 Å². The minimum atomic E-state index is 1.07. The van der Waals surface area contributed by atoms with Crippen molar-refractivity contribution in [2.45, 2.75) is 4.43 Å². The lowest BCUT2D eigenvalue weighted by Crippen LogP contribution is -1.78. The molecule has 2 rings (SSSR count). The fourth-order valence-corrected chi connectivity index (χ4v) is 1.69. The quantitative estimate of drug-likeness (QED) is 0.572. The molecule has 0 atom stereocenters. The molecule has 1 aromatic heterocycles. The van der Waals surface area contributed by atoms with E-state index < -0.39 is 0 Å². The van der Waals surface area contributed by atoms with Gasteiger partial charge in [0.15, 0.2) is 0 Å². The predicted molar refractivity (Wildman–Crippen MR) is 59.5 cm³/mol. The SMILES string of the molecule is ICc1ccc2cnccc2c1. The van der Waals surface area contributed by atoms with Crippen LogP contribution in [0.25, 0.3) is 10.8 Å². The van der Waals surface area contributed by atoms with E-state index in [1.807, 2.05) is 18.5 Å². The highest BCUT2D eigenvalue weighted by molar-refractivity contribution is 14.1. The third-order valence-corrected chi connectivity index (χ3v) is 2.74. The molecule has 0 saturated heterocycles. The molecule has 1 heterocycles. The van der Waals surface area contributed by atoms with E-state index in [9.17, 15) is 0 Å². The molecule has 0 saturated carbocycles. The standard InChI is InChI=1S/C10H8IN/c11-6-8-1-2-10-7-12-4-3-9(10)5-8/h1-5,7H,6H2. The Hall–Kier alpha value is -0.640. The molecule has 0 bridgehead atoms. The summed E-state index contributed by atoms with van der Waals surface area (Å²) in [4.78, 5) is 4.07. The summed E-state index contributed by atoms with van der Waals surface area (Å²) in [5.74, 6) is 0. The molecule has 0 aliphatic heterocycles. The fourth-order valence-electron chi connectivity index (χ4n) is 1.22. The summed E-state index contributed by atoms with van der Waals surface area (Å²) in [6, 6.07) is 8.53. The monoisotopic (exact) mass is 269 g/mol. The molecule has 0 N–H and O–H groups in total. The van der Waals surface area contributed by atoms with Gasteiger partial charge < -0.3 is 0 Å². The molecule has 1 aromatic carbocycles. The van der Waals surface area contributed by atoms with Crippen molar-refractivity contribution in [3.05, 3.63) is 42.2 Å². The second-order valence-corrected chi connectivity index (χ2v) is 3.45. The van der Waals surface area contributed by atoms with Crippen LogP contribution in [0.3, 0.4) is 0 Å². The van der Waals surface area contributed by atoms with E-state index in [2.05, 4.69) is 45.8 Å². The molecule has 12 heavy (non-hydrogen) atoms. The number of hydrogen-bond acceptors (Lipinski definition) is 1. The predicted octanol–water partition coefficient (Wildman–Crippen LogP) is 3.17. The van der Waals surface area contributed by atoms with Gasteiger partial charge in [-0.2, -0.15) is 0 Å². The lowest BCUT2D eigenvalue weighted by atomic mass is 10.1. The number of aromatic nitrogens is 1. The maximum absolute atomic E-state index is 4.07. The van der Waals surface area contributed by atoms with E-state index in [-0.39, 0.29) is 0 Å². The van der Waals surface area contributed by atoms with Gasteiger partial charge in [-0.05, 0) is 17.0 Å². The molecule has 60 valence electrons. The van der Waals surface area contributed by atoms with Crippen LogP contribution in [0, 0.1) is 0 Å². The molecule has 0 unspecified atom stereocenters. The van der Waals surface area contributed by atoms with E-state index in [0.717, 1.165) is 4.43 Å². The van der Waals surface area contributed by atoms with Gasteiger partial charge in [0.1, 0.15) is 0 Å². The van der Waals surface area contributed by atoms with Crippen LogP contribution < -0.4 is 0 Å². The van der Waals surface area contributed by atoms with Gasteiger partial charge in [0, 0.05) is 22.2 Å². The first-order chi connectivity index (χ1) is 5.90. The molecule has 0 aliphatic carbocycles. The molecule has 0 aliphatic rings. The van der Waals surface area contributed by atoms with E-state index in [0.29, 0.717) is 0 Å². The first kappa shape index (κ1) is 7.98. The van der Waals surface area contributed by atoms with E-state index in [4.69, 9.17) is 0 Å². The van der Waals surface area contributed by atoms with Crippen molar-refractivity contribution < 1.29 is 0 Å². The molecular formula is C10H8IN. The Kier molecular flexibility index (Phi) is 2.26. The number of alkyl halides is 1. The average molecular weight is 269 g/mol. The van der Waals surface area contributed by atoms with Gasteiger partial charge in [-0.3, -0.25) is 4.98 Å². The Morgan fingerprint density at radius 2 is 2.08 bits per heavy atom. The molecule has 0 radical (unpaired) electrons. The lowest BCUT2D eigenvalue weighted by Gasteiger charge is -1.98. The number of pyridine rings is 1. The van der Waals surface area contributed by atoms with Gasteiger partial charge in [0.05, 0.1) is 0 Å². The normalized spacial score (nSPS) is 10.4. The zero-order valence-corrected chi connectivity index (χ0v) is 8.65. The molecule has 2 aromatic rings. The Labute approximate surface area is 85.0 Å². The Morgan fingerprint density at radius 1 is 1.17 bits per heavy atom. The second-order valence-electron chi connectivity index (χ2n) is 2.69. The maximum atomic E-state index is 4.07. The Morgan fingerprint density at radius 3 is 2.92 bits per heavy atom. The summed E-state index contributed by atoms with van der Waals surface area (Å²) in [5.41, 5.74) is 1.37. The van der Waals surface area contributed by atoms with E-state index in [1.165, 1.54) is 16.3 Å². The summed E-state index contributed by atoms with van der Waals surface area (Å²) in [5, 5.41) is 2.49. The molecule has 0 amide bonds. The smallest absolute Gasteiger partial charge is 0.0346 e. The minimum Gasteiger partial charge on any atom is -0.264 e. The van der Waals surface area contributed by atoms with Crippen LogP contribution in [-0.4, -0.2) is 4.98 Å². The second kappa shape index (κ2) is 3.39. The highest BCUT2D eigenvalue weighted by atomic mass is 127. The highest BCUT2D eigenvalue weighted by Crippen LogP contribution is 2.15. The van der Waals surface area contributed by atoms with Crippen LogP contribution in [0.5, 0.6) is 0 Å². The lowest BCUT2D eigenvalue weighted by molar-refractivity contribution is 1.36. The topological polar surface area (TPSA) is 12.9 Å². The third kappa shape index (κ3) is 1.43. The largest absolute Gasteiger partial charge is 0.264 e. The van der Waals surface area contributed by atoms with Crippen LogP contribution in [0.2, 0.25) is 0 Å². The first-order valence-corrected chi connectivity index (χ1v) is 5.31. The van der Waals surface area contributed by atoms with Crippen LogP contribution in [-0.2, 0) is 4.43 Å². The number of rotatable bonds is 1. The summed E-state index contributed by atoms with van der Waals surface area (Å²) in [6.45, 7) is 0. The van der Waals surface area contributed by atoms with Gasteiger partial charge in [0.2, 0.25) is 0 Å². The zero-order chi connectivity index (χ0) is 8.39. The number of hydrogen-bond donors (Lipinski definition) is 0. The first-order valence-electron chi connectivity index (χ1n) is 3.79. The summed E-state index contributed by atoms with van der Waals surface area (Å²) < 4.78 is 1.07. The number of benzene rings is 1. The minimum absolute atomic E-state index is 1.07. The zero-order valence-electron chi connectivity index (χ0n) is 6.50. The van der Waals surface area contributed by atoms with E-state index >= 15 is 0 Å². The van der Waals surface area contributed by atoms with Gasteiger partial charge in [-0.25, -0.2) is 0 Å².